The quantitative estimate of drug-likeness (QED) is 0.816. The first-order valence-corrected chi connectivity index (χ1v) is 7.39. The second-order valence-electron chi connectivity index (χ2n) is 6.09. The molecular formula is C14H24N2O2. The first-order valence-electron chi connectivity index (χ1n) is 7.39. The van der Waals surface area contributed by atoms with Crippen molar-refractivity contribution in [1.29, 1.82) is 0 Å². The van der Waals surface area contributed by atoms with Gasteiger partial charge in [0.15, 0.2) is 0 Å². The van der Waals surface area contributed by atoms with Gasteiger partial charge in [-0.1, -0.05) is 0 Å². The second-order valence-corrected chi connectivity index (χ2v) is 6.09. The maximum absolute atomic E-state index is 12.6. The first-order chi connectivity index (χ1) is 8.74. The highest BCUT2D eigenvalue weighted by molar-refractivity contribution is 5.80. The van der Waals surface area contributed by atoms with E-state index >= 15 is 0 Å². The fraction of sp³-hybridized carbons (Fsp3) is 0.929. The van der Waals surface area contributed by atoms with Crippen LogP contribution in [0.1, 0.15) is 39.0 Å². The molecule has 1 saturated carbocycles. The summed E-state index contributed by atoms with van der Waals surface area (Å²) < 4.78 is 5.54. The van der Waals surface area contributed by atoms with Crippen LogP contribution < -0.4 is 5.32 Å². The highest BCUT2D eigenvalue weighted by Crippen LogP contribution is 2.31. The Bertz CT molecular complexity index is 311. The van der Waals surface area contributed by atoms with Crippen molar-refractivity contribution in [2.24, 2.45) is 5.92 Å². The van der Waals surface area contributed by atoms with Crippen LogP contribution in [0.2, 0.25) is 0 Å². The highest BCUT2D eigenvalue weighted by atomic mass is 16.5. The van der Waals surface area contributed by atoms with E-state index in [4.69, 9.17) is 4.74 Å². The molecule has 4 heteroatoms. The fourth-order valence-electron chi connectivity index (χ4n) is 3.18. The minimum Gasteiger partial charge on any atom is -0.378 e. The lowest BCUT2D eigenvalue weighted by atomic mass is 10.0. The Kier molecular flexibility index (Phi) is 3.57. The normalized spacial score (nSPS) is 35.9. The van der Waals surface area contributed by atoms with Crippen LogP contribution in [-0.4, -0.2) is 48.7 Å². The number of nitrogens with zero attached hydrogens (tertiary/aromatic N) is 1. The zero-order chi connectivity index (χ0) is 12.5. The summed E-state index contributed by atoms with van der Waals surface area (Å²) in [6.45, 7) is 4.71. The second kappa shape index (κ2) is 5.17. The van der Waals surface area contributed by atoms with Crippen molar-refractivity contribution in [1.82, 2.24) is 10.2 Å². The summed E-state index contributed by atoms with van der Waals surface area (Å²) in [5.74, 6) is 0.456. The largest absolute Gasteiger partial charge is 0.378 e. The lowest BCUT2D eigenvalue weighted by molar-refractivity contribution is -0.136. The van der Waals surface area contributed by atoms with Crippen molar-refractivity contribution in [2.75, 3.05) is 19.7 Å². The molecule has 3 unspecified atom stereocenters. The Labute approximate surface area is 109 Å². The van der Waals surface area contributed by atoms with Gasteiger partial charge < -0.3 is 15.0 Å². The monoisotopic (exact) mass is 252 g/mol. The van der Waals surface area contributed by atoms with Gasteiger partial charge in [-0.2, -0.15) is 0 Å². The van der Waals surface area contributed by atoms with Gasteiger partial charge in [-0.3, -0.25) is 4.79 Å². The fourth-order valence-corrected chi connectivity index (χ4v) is 3.18. The van der Waals surface area contributed by atoms with Crippen molar-refractivity contribution in [3.8, 4) is 0 Å². The average molecular weight is 252 g/mol. The molecule has 0 bridgehead atoms. The molecule has 2 saturated heterocycles. The first kappa shape index (κ1) is 12.4. The van der Waals surface area contributed by atoms with E-state index in [-0.39, 0.29) is 12.0 Å². The van der Waals surface area contributed by atoms with Gasteiger partial charge in [-0.05, 0) is 45.6 Å². The Morgan fingerprint density at radius 2 is 2.22 bits per heavy atom. The number of ether oxygens (including phenoxy) is 1. The predicted molar refractivity (Wildman–Crippen MR) is 69.3 cm³/mol. The van der Waals surface area contributed by atoms with Crippen LogP contribution in [-0.2, 0) is 9.53 Å². The molecule has 1 aliphatic carbocycles. The highest BCUT2D eigenvalue weighted by Gasteiger charge is 2.39. The Morgan fingerprint density at radius 1 is 1.39 bits per heavy atom. The molecule has 3 rings (SSSR count). The van der Waals surface area contributed by atoms with Crippen molar-refractivity contribution < 1.29 is 9.53 Å². The van der Waals surface area contributed by atoms with Crippen LogP contribution in [0.15, 0.2) is 0 Å². The van der Waals surface area contributed by atoms with Crippen LogP contribution in [0.3, 0.4) is 0 Å². The van der Waals surface area contributed by atoms with Gasteiger partial charge in [0, 0.05) is 18.6 Å². The van der Waals surface area contributed by atoms with Gasteiger partial charge in [-0.15, -0.1) is 0 Å². The SMILES string of the molecule is CC1CC(C(=O)N(CC2CCCN2)C2CC2)CO1. The van der Waals surface area contributed by atoms with Crippen LogP contribution in [0.25, 0.3) is 0 Å². The van der Waals surface area contributed by atoms with Crippen LogP contribution >= 0.6 is 0 Å². The molecular weight excluding hydrogens is 228 g/mol. The number of carbonyl (C=O) groups excluding carboxylic acids is 1. The molecule has 1 amide bonds. The van der Waals surface area contributed by atoms with Gasteiger partial charge in [0.05, 0.1) is 18.6 Å². The van der Waals surface area contributed by atoms with Crippen molar-refractivity contribution in [3.05, 3.63) is 0 Å². The minimum atomic E-state index is 0.113. The summed E-state index contributed by atoms with van der Waals surface area (Å²) >= 11 is 0. The molecule has 0 aromatic carbocycles. The third-order valence-corrected chi connectivity index (χ3v) is 4.40. The van der Waals surface area contributed by atoms with Gasteiger partial charge >= 0.3 is 0 Å². The summed E-state index contributed by atoms with van der Waals surface area (Å²) in [6.07, 6.45) is 6.02. The van der Waals surface area contributed by atoms with Gasteiger partial charge in [-0.25, -0.2) is 0 Å². The predicted octanol–water partition coefficient (Wildman–Crippen LogP) is 1.15. The van der Waals surface area contributed by atoms with Crippen LogP contribution in [0, 0.1) is 5.92 Å². The van der Waals surface area contributed by atoms with Gasteiger partial charge in [0.25, 0.3) is 0 Å². The summed E-state index contributed by atoms with van der Waals surface area (Å²) in [5.41, 5.74) is 0. The van der Waals surface area contributed by atoms with Gasteiger partial charge in [0.1, 0.15) is 0 Å². The third kappa shape index (κ3) is 2.69. The van der Waals surface area contributed by atoms with E-state index in [9.17, 15) is 4.79 Å². The lowest BCUT2D eigenvalue weighted by Gasteiger charge is -2.28. The zero-order valence-electron chi connectivity index (χ0n) is 11.2. The number of rotatable bonds is 4. The molecule has 102 valence electrons. The molecule has 0 aromatic heterocycles. The van der Waals surface area contributed by atoms with Crippen molar-refractivity contribution in [3.63, 3.8) is 0 Å². The average Bonchev–Trinajstić information content (AvgIpc) is 2.88. The topological polar surface area (TPSA) is 41.6 Å². The van der Waals surface area contributed by atoms with Crippen molar-refractivity contribution >= 4 is 5.91 Å². The molecule has 18 heavy (non-hydrogen) atoms. The van der Waals surface area contributed by atoms with Crippen molar-refractivity contribution in [2.45, 2.75) is 57.2 Å². The van der Waals surface area contributed by atoms with E-state index in [1.807, 2.05) is 0 Å². The number of carbonyl (C=O) groups is 1. The van der Waals surface area contributed by atoms with E-state index in [2.05, 4.69) is 17.1 Å². The van der Waals surface area contributed by atoms with Gasteiger partial charge in [0.2, 0.25) is 5.91 Å². The Balaban J connectivity index is 1.59. The number of hydrogen-bond acceptors (Lipinski definition) is 3. The molecule has 4 nitrogen and oxygen atoms in total. The molecule has 2 heterocycles. The minimum absolute atomic E-state index is 0.113. The summed E-state index contributed by atoms with van der Waals surface area (Å²) in [5, 5.41) is 3.50. The number of hydrogen-bond donors (Lipinski definition) is 1. The molecule has 0 spiro atoms. The number of nitrogens with one attached hydrogen (secondary N) is 1. The molecule has 2 aliphatic heterocycles. The maximum atomic E-state index is 12.6. The summed E-state index contributed by atoms with van der Waals surface area (Å²) in [4.78, 5) is 14.7. The molecule has 3 fully saturated rings. The molecule has 1 N–H and O–H groups in total. The maximum Gasteiger partial charge on any atom is 0.228 e. The molecule has 3 aliphatic rings. The van der Waals surface area contributed by atoms with E-state index < -0.39 is 0 Å². The molecule has 0 radical (unpaired) electrons. The van der Waals surface area contributed by atoms with Crippen LogP contribution in [0.4, 0.5) is 0 Å². The van der Waals surface area contributed by atoms with Crippen LogP contribution in [0.5, 0.6) is 0 Å². The lowest BCUT2D eigenvalue weighted by Crippen LogP contribution is -2.45. The standard InChI is InChI=1S/C14H24N2O2/c1-10-7-11(9-18-10)14(17)16(13-4-5-13)8-12-3-2-6-15-12/h10-13,15H,2-9H2,1H3. The van der Waals surface area contributed by atoms with E-state index in [0.717, 1.165) is 19.5 Å². The smallest absolute Gasteiger partial charge is 0.228 e. The summed E-state index contributed by atoms with van der Waals surface area (Å²) in [6, 6.07) is 1.05. The van der Waals surface area contributed by atoms with E-state index in [1.165, 1.54) is 25.7 Å². The third-order valence-electron chi connectivity index (χ3n) is 4.40. The van der Waals surface area contributed by atoms with E-state index in [1.54, 1.807) is 0 Å². The Morgan fingerprint density at radius 3 is 2.78 bits per heavy atom. The molecule has 0 aromatic rings. The summed E-state index contributed by atoms with van der Waals surface area (Å²) in [7, 11) is 0. The Hall–Kier alpha value is -0.610. The number of amides is 1. The van der Waals surface area contributed by atoms with E-state index in [0.29, 0.717) is 24.6 Å². The zero-order valence-corrected chi connectivity index (χ0v) is 11.2. The molecule has 3 atom stereocenters.